The molecule has 1 aromatic rings. The Morgan fingerprint density at radius 3 is 3.11 bits per heavy atom. The molecule has 0 aromatic carbocycles. The van der Waals surface area contributed by atoms with Crippen LogP contribution >= 0.6 is 0 Å². The van der Waals surface area contributed by atoms with Crippen LogP contribution in [-0.4, -0.2) is 42.4 Å². The molecular weight excluding hydrogens is 247 g/mol. The second-order valence-corrected chi connectivity index (χ2v) is 3.61. The molecule has 0 spiro atoms. The Kier molecular flexibility index (Phi) is 4.00. The van der Waals surface area contributed by atoms with E-state index < -0.39 is 10.9 Å². The number of nitrogens with zero attached hydrogens (tertiary/aromatic N) is 2. The molecule has 8 heteroatoms. The van der Waals surface area contributed by atoms with E-state index in [-0.39, 0.29) is 24.1 Å². The Morgan fingerprint density at radius 2 is 2.44 bits per heavy atom. The minimum atomic E-state index is -0.837. The van der Waals surface area contributed by atoms with Gasteiger partial charge in [0.1, 0.15) is 18.9 Å². The molecular formula is C10H11FN2O5. The Hall–Kier alpha value is -1.80. The maximum Gasteiger partial charge on any atom is 0.329 e. The van der Waals surface area contributed by atoms with Gasteiger partial charge in [0.05, 0.1) is 24.7 Å². The second kappa shape index (κ2) is 5.69. The van der Waals surface area contributed by atoms with Crippen LogP contribution in [0.15, 0.2) is 12.3 Å². The number of rotatable bonds is 4. The van der Waals surface area contributed by atoms with Gasteiger partial charge in [0.2, 0.25) is 11.7 Å². The van der Waals surface area contributed by atoms with Gasteiger partial charge in [0.15, 0.2) is 0 Å². The summed E-state index contributed by atoms with van der Waals surface area (Å²) in [6.07, 6.45) is 0.512. The lowest BCUT2D eigenvalue weighted by molar-refractivity contribution is -0.386. The van der Waals surface area contributed by atoms with Gasteiger partial charge in [-0.05, 0) is 0 Å². The highest BCUT2D eigenvalue weighted by Crippen LogP contribution is 2.26. The van der Waals surface area contributed by atoms with E-state index in [1.807, 2.05) is 0 Å². The van der Waals surface area contributed by atoms with Crippen LogP contribution in [0.1, 0.15) is 0 Å². The maximum atomic E-state index is 12.9. The molecule has 0 unspecified atom stereocenters. The first-order valence-electron chi connectivity index (χ1n) is 5.29. The molecule has 98 valence electrons. The van der Waals surface area contributed by atoms with Gasteiger partial charge >= 0.3 is 5.69 Å². The van der Waals surface area contributed by atoms with Gasteiger partial charge in [0, 0.05) is 6.07 Å². The molecule has 0 saturated carbocycles. The first-order valence-corrected chi connectivity index (χ1v) is 5.29. The van der Waals surface area contributed by atoms with Crippen LogP contribution in [0, 0.1) is 16.1 Å². The lowest BCUT2D eigenvalue weighted by Gasteiger charge is -2.22. The molecule has 0 aliphatic carbocycles. The van der Waals surface area contributed by atoms with E-state index in [0.717, 1.165) is 12.3 Å². The first-order chi connectivity index (χ1) is 8.66. The van der Waals surface area contributed by atoms with Crippen molar-refractivity contribution in [2.24, 2.45) is 0 Å². The summed E-state index contributed by atoms with van der Waals surface area (Å²) in [5.74, 6) is -1.00. The monoisotopic (exact) mass is 258 g/mol. The summed E-state index contributed by atoms with van der Waals surface area (Å²) in [4.78, 5) is 13.2. The summed E-state index contributed by atoms with van der Waals surface area (Å²) >= 11 is 0. The summed E-state index contributed by atoms with van der Waals surface area (Å²) in [5, 5.41) is 10.7. The summed E-state index contributed by atoms with van der Waals surface area (Å²) in [6, 6.07) is 0.877. The number of nitro groups is 1. The van der Waals surface area contributed by atoms with Crippen molar-refractivity contribution in [3.8, 4) is 5.75 Å². The molecule has 0 N–H and O–H groups in total. The molecule has 1 atom stereocenters. The van der Waals surface area contributed by atoms with E-state index >= 15 is 0 Å². The van der Waals surface area contributed by atoms with Crippen molar-refractivity contribution >= 4 is 5.69 Å². The van der Waals surface area contributed by atoms with Crippen LogP contribution < -0.4 is 4.74 Å². The van der Waals surface area contributed by atoms with E-state index in [4.69, 9.17) is 14.2 Å². The van der Waals surface area contributed by atoms with Crippen molar-refractivity contribution in [1.29, 1.82) is 0 Å². The molecule has 1 saturated heterocycles. The lowest BCUT2D eigenvalue weighted by Crippen LogP contribution is -2.33. The number of aromatic nitrogens is 1. The first kappa shape index (κ1) is 12.7. The molecule has 1 aromatic heterocycles. The molecule has 1 fully saturated rings. The standard InChI is InChI=1S/C10H11FN2O5/c11-10-3-9(8(4-12-10)13(14)15)18-6-7-5-16-1-2-17-7/h3-4,7H,1-2,5-6H2/t7-/m1/s1. The normalized spacial score (nSPS) is 19.5. The van der Waals surface area contributed by atoms with Gasteiger partial charge in [-0.25, -0.2) is 4.98 Å². The molecule has 1 aliphatic heterocycles. The van der Waals surface area contributed by atoms with Crippen molar-refractivity contribution < 1.29 is 23.5 Å². The highest BCUT2D eigenvalue weighted by Gasteiger charge is 2.20. The van der Waals surface area contributed by atoms with Gasteiger partial charge < -0.3 is 14.2 Å². The zero-order chi connectivity index (χ0) is 13.0. The van der Waals surface area contributed by atoms with E-state index in [1.165, 1.54) is 0 Å². The van der Waals surface area contributed by atoms with Gasteiger partial charge in [-0.1, -0.05) is 0 Å². The number of halogens is 1. The fraction of sp³-hybridized carbons (Fsp3) is 0.500. The van der Waals surface area contributed by atoms with Crippen LogP contribution in [0.5, 0.6) is 5.75 Å². The van der Waals surface area contributed by atoms with Crippen LogP contribution in [0.2, 0.25) is 0 Å². The fourth-order valence-electron chi connectivity index (χ4n) is 1.47. The number of hydrogen-bond donors (Lipinski definition) is 0. The third kappa shape index (κ3) is 3.11. The summed E-state index contributed by atoms with van der Waals surface area (Å²) in [7, 11) is 0. The summed E-state index contributed by atoms with van der Waals surface area (Å²) in [5.41, 5.74) is -0.381. The zero-order valence-electron chi connectivity index (χ0n) is 9.37. The van der Waals surface area contributed by atoms with Crippen molar-refractivity contribution in [2.45, 2.75) is 6.10 Å². The lowest BCUT2D eigenvalue weighted by atomic mass is 10.3. The largest absolute Gasteiger partial charge is 0.484 e. The van der Waals surface area contributed by atoms with Gasteiger partial charge in [0.25, 0.3) is 0 Å². The number of pyridine rings is 1. The van der Waals surface area contributed by atoms with E-state index in [0.29, 0.717) is 19.8 Å². The molecule has 1 aliphatic rings. The molecule has 7 nitrogen and oxygen atoms in total. The maximum absolute atomic E-state index is 12.9. The van der Waals surface area contributed by atoms with Gasteiger partial charge in [-0.3, -0.25) is 10.1 Å². The van der Waals surface area contributed by atoms with Crippen LogP contribution in [-0.2, 0) is 9.47 Å². The van der Waals surface area contributed by atoms with Crippen molar-refractivity contribution in [3.05, 3.63) is 28.3 Å². The quantitative estimate of drug-likeness (QED) is 0.453. The molecule has 2 rings (SSSR count). The van der Waals surface area contributed by atoms with Crippen LogP contribution in [0.4, 0.5) is 10.1 Å². The fourth-order valence-corrected chi connectivity index (χ4v) is 1.47. The molecule has 18 heavy (non-hydrogen) atoms. The van der Waals surface area contributed by atoms with E-state index in [1.54, 1.807) is 0 Å². The average Bonchev–Trinajstić information content (AvgIpc) is 2.37. The number of hydrogen-bond acceptors (Lipinski definition) is 6. The Morgan fingerprint density at radius 1 is 1.61 bits per heavy atom. The van der Waals surface area contributed by atoms with Crippen molar-refractivity contribution in [3.63, 3.8) is 0 Å². The molecule has 0 radical (unpaired) electrons. The predicted octanol–water partition coefficient (Wildman–Crippen LogP) is 0.923. The van der Waals surface area contributed by atoms with Crippen LogP contribution in [0.3, 0.4) is 0 Å². The highest BCUT2D eigenvalue weighted by atomic mass is 19.1. The minimum Gasteiger partial charge on any atom is -0.484 e. The summed E-state index contributed by atoms with van der Waals surface area (Å²) < 4.78 is 28.5. The van der Waals surface area contributed by atoms with Crippen molar-refractivity contribution in [1.82, 2.24) is 4.98 Å². The van der Waals surface area contributed by atoms with Gasteiger partial charge in [-0.2, -0.15) is 4.39 Å². The summed E-state index contributed by atoms with van der Waals surface area (Å²) in [6.45, 7) is 1.37. The third-order valence-corrected chi connectivity index (χ3v) is 2.32. The molecule has 0 bridgehead atoms. The second-order valence-electron chi connectivity index (χ2n) is 3.61. The zero-order valence-corrected chi connectivity index (χ0v) is 9.37. The Balaban J connectivity index is 2.03. The van der Waals surface area contributed by atoms with Crippen LogP contribution in [0.25, 0.3) is 0 Å². The highest BCUT2D eigenvalue weighted by molar-refractivity contribution is 5.43. The van der Waals surface area contributed by atoms with Gasteiger partial charge in [-0.15, -0.1) is 0 Å². The molecule has 0 amide bonds. The molecule has 2 heterocycles. The average molecular weight is 258 g/mol. The van der Waals surface area contributed by atoms with Crippen molar-refractivity contribution in [2.75, 3.05) is 26.4 Å². The minimum absolute atomic E-state index is 0.0598. The third-order valence-electron chi connectivity index (χ3n) is 2.32. The Bertz CT molecular complexity index is 436. The van der Waals surface area contributed by atoms with E-state index in [2.05, 4.69) is 4.98 Å². The smallest absolute Gasteiger partial charge is 0.329 e. The SMILES string of the molecule is O=[N+]([O-])c1cnc(F)cc1OC[C@H]1COCCO1. The predicted molar refractivity (Wildman–Crippen MR) is 56.9 cm³/mol. The van der Waals surface area contributed by atoms with E-state index in [9.17, 15) is 14.5 Å². The number of ether oxygens (including phenoxy) is 3. The topological polar surface area (TPSA) is 83.7 Å². The Labute approximate surface area is 102 Å².